The van der Waals surface area contributed by atoms with Crippen molar-refractivity contribution in [3.63, 3.8) is 0 Å². The van der Waals surface area contributed by atoms with Gasteiger partial charge in [0.1, 0.15) is 0 Å². The summed E-state index contributed by atoms with van der Waals surface area (Å²) in [6, 6.07) is 28.7. The second-order valence-corrected chi connectivity index (χ2v) is 12.0. The fourth-order valence-electron chi connectivity index (χ4n) is 6.82. The number of hydrogen-bond acceptors (Lipinski definition) is 1. The van der Waals surface area contributed by atoms with E-state index in [9.17, 15) is 13.2 Å². The Hall–Kier alpha value is -4.18. The molecule has 0 amide bonds. The molecule has 40 heavy (non-hydrogen) atoms. The average molecular weight is 532 g/mol. The van der Waals surface area contributed by atoms with Crippen molar-refractivity contribution in [3.8, 4) is 44.6 Å². The lowest BCUT2D eigenvalue weighted by Crippen LogP contribution is -2.15. The van der Waals surface area contributed by atoms with Gasteiger partial charge in [-0.05, 0) is 79.9 Å². The first-order valence-electron chi connectivity index (χ1n) is 13.5. The second-order valence-electron chi connectivity index (χ2n) is 12.0. The molecule has 0 aliphatic heterocycles. The monoisotopic (exact) mass is 531 g/mol. The Morgan fingerprint density at radius 2 is 1.12 bits per heavy atom. The molecule has 198 valence electrons. The van der Waals surface area contributed by atoms with E-state index in [1.807, 2.05) is 60.7 Å². The molecule has 4 heteroatoms. The second kappa shape index (κ2) is 8.17. The van der Waals surface area contributed by atoms with Crippen LogP contribution in [0.2, 0.25) is 0 Å². The summed E-state index contributed by atoms with van der Waals surface area (Å²) in [7, 11) is 0. The summed E-state index contributed by atoms with van der Waals surface area (Å²) >= 11 is 0. The molecule has 0 saturated carbocycles. The summed E-state index contributed by atoms with van der Waals surface area (Å²) in [4.78, 5) is 4.59. The van der Waals surface area contributed by atoms with Crippen molar-refractivity contribution in [2.75, 3.05) is 0 Å². The van der Waals surface area contributed by atoms with E-state index in [4.69, 9.17) is 0 Å². The van der Waals surface area contributed by atoms with Crippen molar-refractivity contribution in [1.29, 1.82) is 0 Å². The lowest BCUT2D eigenvalue weighted by molar-refractivity contribution is -0.137. The first kappa shape index (κ1) is 24.8. The van der Waals surface area contributed by atoms with Crippen molar-refractivity contribution in [3.05, 3.63) is 125 Å². The Balaban J connectivity index is 1.35. The third-order valence-corrected chi connectivity index (χ3v) is 8.98. The number of alkyl halides is 3. The SMILES string of the molecule is CC1(C)c2ccccc2-c2ccc(-c3ccc(-c4ccc5c(c4)-c4ncccc4C5(C)C)c(C(F)(F)F)c3)cc21. The van der Waals surface area contributed by atoms with Crippen LogP contribution in [0.5, 0.6) is 0 Å². The maximum atomic E-state index is 14.6. The summed E-state index contributed by atoms with van der Waals surface area (Å²) in [5, 5.41) is 0. The van der Waals surface area contributed by atoms with E-state index in [2.05, 4.69) is 50.9 Å². The van der Waals surface area contributed by atoms with Crippen molar-refractivity contribution in [2.24, 2.45) is 0 Å². The van der Waals surface area contributed by atoms with Crippen LogP contribution in [0.1, 0.15) is 55.5 Å². The zero-order valence-electron chi connectivity index (χ0n) is 22.8. The molecule has 1 aromatic heterocycles. The van der Waals surface area contributed by atoms with Crippen LogP contribution in [0.4, 0.5) is 13.2 Å². The van der Waals surface area contributed by atoms with E-state index in [-0.39, 0.29) is 16.4 Å². The zero-order valence-corrected chi connectivity index (χ0v) is 22.8. The molecule has 0 atom stereocenters. The number of rotatable bonds is 2. The van der Waals surface area contributed by atoms with Gasteiger partial charge in [0, 0.05) is 22.6 Å². The van der Waals surface area contributed by atoms with Crippen LogP contribution < -0.4 is 0 Å². The highest BCUT2D eigenvalue weighted by Crippen LogP contribution is 2.51. The molecule has 0 unspecified atom stereocenters. The fourth-order valence-corrected chi connectivity index (χ4v) is 6.82. The van der Waals surface area contributed by atoms with E-state index < -0.39 is 11.7 Å². The summed E-state index contributed by atoms with van der Waals surface area (Å²) in [5.41, 5.74) is 9.57. The predicted molar refractivity (Wildman–Crippen MR) is 155 cm³/mol. The number of aromatic nitrogens is 1. The Labute approximate surface area is 232 Å². The smallest absolute Gasteiger partial charge is 0.256 e. The van der Waals surface area contributed by atoms with Crippen LogP contribution in [0.3, 0.4) is 0 Å². The number of pyridine rings is 1. The molecule has 4 aromatic carbocycles. The number of hydrogen-bond donors (Lipinski definition) is 0. The molecule has 0 fully saturated rings. The number of halogens is 3. The summed E-state index contributed by atoms with van der Waals surface area (Å²) in [5.74, 6) is 0. The van der Waals surface area contributed by atoms with Gasteiger partial charge in [0.05, 0.1) is 11.3 Å². The van der Waals surface area contributed by atoms with Gasteiger partial charge in [-0.25, -0.2) is 0 Å². The topological polar surface area (TPSA) is 12.9 Å². The predicted octanol–water partition coefficient (Wildman–Crippen LogP) is 10.0. The standard InChI is InChI=1S/C36H28F3N/c1-34(2)29-16-13-23(18-27(29)33-30(34)10-7-17-40-33)24-14-11-22(20-32(24)36(37,38)39)21-12-15-26-25-8-5-6-9-28(25)35(3,4)31(26)19-21/h5-20H,1-4H3. The normalized spacial score (nSPS) is 15.8. The summed E-state index contributed by atoms with van der Waals surface area (Å²) in [6.07, 6.45) is -2.77. The fraction of sp³-hybridized carbons (Fsp3) is 0.194. The molecule has 0 radical (unpaired) electrons. The quantitative estimate of drug-likeness (QED) is 0.221. The van der Waals surface area contributed by atoms with Crippen LogP contribution in [0.25, 0.3) is 44.6 Å². The molecule has 0 N–H and O–H groups in total. The average Bonchev–Trinajstić information content (AvgIpc) is 3.32. The van der Waals surface area contributed by atoms with Crippen LogP contribution >= 0.6 is 0 Å². The molecule has 0 saturated heterocycles. The highest BCUT2D eigenvalue weighted by atomic mass is 19.4. The Kier molecular flexibility index (Phi) is 5.07. The van der Waals surface area contributed by atoms with Gasteiger partial charge in [-0.15, -0.1) is 0 Å². The first-order chi connectivity index (χ1) is 19.0. The minimum Gasteiger partial charge on any atom is -0.256 e. The summed E-state index contributed by atoms with van der Waals surface area (Å²) < 4.78 is 43.7. The van der Waals surface area contributed by atoms with Gasteiger partial charge in [0.2, 0.25) is 0 Å². The van der Waals surface area contributed by atoms with Crippen molar-refractivity contribution < 1.29 is 13.2 Å². The Morgan fingerprint density at radius 1 is 0.525 bits per heavy atom. The first-order valence-corrected chi connectivity index (χ1v) is 13.5. The number of benzene rings is 4. The van der Waals surface area contributed by atoms with E-state index >= 15 is 0 Å². The minimum absolute atomic E-state index is 0.176. The summed E-state index contributed by atoms with van der Waals surface area (Å²) in [6.45, 7) is 8.61. The lowest BCUT2D eigenvalue weighted by Gasteiger charge is -2.22. The molecular weight excluding hydrogens is 503 g/mol. The van der Waals surface area contributed by atoms with Gasteiger partial charge < -0.3 is 0 Å². The number of nitrogens with zero attached hydrogens (tertiary/aromatic N) is 1. The molecule has 0 bridgehead atoms. The highest BCUT2D eigenvalue weighted by molar-refractivity contribution is 5.86. The molecule has 7 rings (SSSR count). The van der Waals surface area contributed by atoms with Crippen molar-refractivity contribution in [2.45, 2.75) is 44.7 Å². The van der Waals surface area contributed by atoms with E-state index in [1.54, 1.807) is 12.3 Å². The minimum atomic E-state index is -4.51. The largest absolute Gasteiger partial charge is 0.417 e. The molecule has 1 nitrogen and oxygen atoms in total. The van der Waals surface area contributed by atoms with Crippen LogP contribution in [0.15, 0.2) is 97.2 Å². The van der Waals surface area contributed by atoms with Gasteiger partial charge in [-0.1, -0.05) is 94.4 Å². The highest BCUT2D eigenvalue weighted by Gasteiger charge is 2.39. The third kappa shape index (κ3) is 3.45. The molecule has 2 aliphatic carbocycles. The maximum Gasteiger partial charge on any atom is 0.417 e. The van der Waals surface area contributed by atoms with E-state index in [0.29, 0.717) is 11.1 Å². The van der Waals surface area contributed by atoms with Gasteiger partial charge in [-0.2, -0.15) is 13.2 Å². The maximum absolute atomic E-state index is 14.6. The number of fused-ring (bicyclic) bond motifs is 6. The lowest BCUT2D eigenvalue weighted by atomic mass is 9.81. The molecule has 1 heterocycles. The molecule has 2 aliphatic rings. The molecule has 5 aromatic rings. The van der Waals surface area contributed by atoms with E-state index in [0.717, 1.165) is 39.1 Å². The third-order valence-electron chi connectivity index (χ3n) is 8.98. The van der Waals surface area contributed by atoms with Gasteiger partial charge >= 0.3 is 6.18 Å². The van der Waals surface area contributed by atoms with Crippen molar-refractivity contribution in [1.82, 2.24) is 4.98 Å². The van der Waals surface area contributed by atoms with Crippen LogP contribution in [-0.4, -0.2) is 4.98 Å². The zero-order chi connectivity index (χ0) is 28.0. The van der Waals surface area contributed by atoms with Gasteiger partial charge in [-0.3, -0.25) is 4.98 Å². The molecular formula is C36H28F3N. The van der Waals surface area contributed by atoms with Gasteiger partial charge in [0.25, 0.3) is 0 Å². The van der Waals surface area contributed by atoms with Crippen molar-refractivity contribution >= 4 is 0 Å². The van der Waals surface area contributed by atoms with Gasteiger partial charge in [0.15, 0.2) is 0 Å². The molecule has 0 spiro atoms. The van der Waals surface area contributed by atoms with E-state index in [1.165, 1.54) is 17.2 Å². The Bertz CT molecular complexity index is 1840. The Morgan fingerprint density at radius 3 is 1.90 bits per heavy atom. The van der Waals surface area contributed by atoms with Crippen LogP contribution in [0, 0.1) is 0 Å². The van der Waals surface area contributed by atoms with Crippen LogP contribution in [-0.2, 0) is 17.0 Å².